The molecule has 18 heavy (non-hydrogen) atoms. The quantitative estimate of drug-likeness (QED) is 0.842. The molecule has 1 rings (SSSR count). The van der Waals surface area contributed by atoms with E-state index in [1.165, 1.54) is 7.11 Å². The highest BCUT2D eigenvalue weighted by atomic mass is 79.9. The van der Waals surface area contributed by atoms with Gasteiger partial charge in [-0.2, -0.15) is 0 Å². The third-order valence-electron chi connectivity index (χ3n) is 2.57. The van der Waals surface area contributed by atoms with Gasteiger partial charge in [-0.25, -0.2) is 0 Å². The molecule has 4 nitrogen and oxygen atoms in total. The Bertz CT molecular complexity index is 409. The molecule has 0 saturated heterocycles. The first-order valence-electron chi connectivity index (χ1n) is 5.76. The number of halogens is 1. The largest absolute Gasteiger partial charge is 0.391 e. The molecule has 1 aromatic carbocycles. The van der Waals surface area contributed by atoms with E-state index in [4.69, 9.17) is 4.74 Å². The first-order valence-corrected chi connectivity index (χ1v) is 6.55. The van der Waals surface area contributed by atoms with E-state index in [-0.39, 0.29) is 12.5 Å². The number of aryl methyl sites for hydroxylation is 1. The number of benzene rings is 1. The third kappa shape index (κ3) is 4.76. The molecule has 0 heterocycles. The molecule has 1 unspecified atom stereocenters. The summed E-state index contributed by atoms with van der Waals surface area (Å²) in [7, 11) is 1.53. The summed E-state index contributed by atoms with van der Waals surface area (Å²) in [5.41, 5.74) is 1.57. The Hall–Kier alpha value is -0.910. The van der Waals surface area contributed by atoms with Crippen molar-refractivity contribution in [2.75, 3.05) is 20.3 Å². The fraction of sp³-hybridized carbons (Fsp3) is 0.462. The number of hydrogen-bond donors (Lipinski definition) is 2. The number of carbonyl (C=O) groups excluding carboxylic acids is 1. The average Bonchev–Trinajstić information content (AvgIpc) is 2.32. The van der Waals surface area contributed by atoms with Crippen molar-refractivity contribution in [2.24, 2.45) is 0 Å². The van der Waals surface area contributed by atoms with E-state index in [9.17, 15) is 9.90 Å². The second-order valence-electron chi connectivity index (χ2n) is 4.11. The number of nitrogens with one attached hydrogen (secondary N) is 1. The molecule has 0 fully saturated rings. The van der Waals surface area contributed by atoms with Gasteiger partial charge in [0, 0.05) is 23.7 Å². The lowest BCUT2D eigenvalue weighted by atomic mass is 10.1. The Morgan fingerprint density at radius 3 is 2.94 bits per heavy atom. The summed E-state index contributed by atoms with van der Waals surface area (Å²) in [4.78, 5) is 11.9. The summed E-state index contributed by atoms with van der Waals surface area (Å²) in [5, 5.41) is 12.2. The molecule has 0 aromatic heterocycles. The van der Waals surface area contributed by atoms with Crippen molar-refractivity contribution in [1.29, 1.82) is 0 Å². The number of amides is 1. The van der Waals surface area contributed by atoms with E-state index < -0.39 is 6.10 Å². The van der Waals surface area contributed by atoms with Crippen molar-refractivity contribution in [3.63, 3.8) is 0 Å². The molecule has 0 radical (unpaired) electrons. The summed E-state index contributed by atoms with van der Waals surface area (Å²) in [6.07, 6.45) is -0.0639. The maximum Gasteiger partial charge on any atom is 0.251 e. The molecule has 0 aliphatic carbocycles. The number of carbonyl (C=O) groups is 1. The summed E-state index contributed by atoms with van der Waals surface area (Å²) in [5.74, 6) is -0.126. The van der Waals surface area contributed by atoms with Gasteiger partial charge in [0.25, 0.3) is 5.91 Å². The van der Waals surface area contributed by atoms with E-state index in [0.29, 0.717) is 18.5 Å². The lowest BCUT2D eigenvalue weighted by Gasteiger charge is -2.11. The van der Waals surface area contributed by atoms with E-state index >= 15 is 0 Å². The molecule has 100 valence electrons. The smallest absolute Gasteiger partial charge is 0.251 e. The zero-order valence-electron chi connectivity index (χ0n) is 10.6. The number of aliphatic hydroxyl groups is 1. The second kappa shape index (κ2) is 7.51. The van der Waals surface area contributed by atoms with E-state index in [1.54, 1.807) is 6.07 Å². The van der Waals surface area contributed by atoms with Crippen LogP contribution in [0.3, 0.4) is 0 Å². The molecule has 0 aliphatic rings. The Labute approximate surface area is 115 Å². The summed E-state index contributed by atoms with van der Waals surface area (Å²) in [6, 6.07) is 5.57. The van der Waals surface area contributed by atoms with Crippen molar-refractivity contribution in [2.45, 2.75) is 19.4 Å². The molecule has 2 N–H and O–H groups in total. The predicted molar refractivity (Wildman–Crippen MR) is 73.7 cm³/mol. The van der Waals surface area contributed by atoms with Gasteiger partial charge in [-0.1, -0.05) is 22.0 Å². The van der Waals surface area contributed by atoms with Crippen LogP contribution in [-0.4, -0.2) is 37.4 Å². The summed E-state index contributed by atoms with van der Waals surface area (Å²) >= 11 is 3.34. The van der Waals surface area contributed by atoms with Crippen molar-refractivity contribution in [1.82, 2.24) is 5.32 Å². The molecule has 5 heteroatoms. The van der Waals surface area contributed by atoms with Crippen molar-refractivity contribution in [3.05, 3.63) is 33.8 Å². The Balaban J connectivity index is 2.48. The normalized spacial score (nSPS) is 12.2. The van der Waals surface area contributed by atoms with E-state index in [2.05, 4.69) is 21.2 Å². The SMILES string of the molecule is COCC(O)CCNC(=O)c1cc(Br)ccc1C. The Morgan fingerprint density at radius 1 is 1.56 bits per heavy atom. The molecule has 1 amide bonds. The lowest BCUT2D eigenvalue weighted by molar-refractivity contribution is 0.0587. The zero-order chi connectivity index (χ0) is 13.5. The van der Waals surface area contributed by atoms with Gasteiger partial charge in [0.05, 0.1) is 12.7 Å². The molecule has 1 atom stereocenters. The van der Waals surface area contributed by atoms with Crippen LogP contribution in [0.15, 0.2) is 22.7 Å². The van der Waals surface area contributed by atoms with Gasteiger partial charge in [-0.05, 0) is 31.0 Å². The maximum atomic E-state index is 11.9. The highest BCUT2D eigenvalue weighted by Gasteiger charge is 2.10. The second-order valence-corrected chi connectivity index (χ2v) is 5.03. The van der Waals surface area contributed by atoms with Crippen LogP contribution in [0.1, 0.15) is 22.3 Å². The van der Waals surface area contributed by atoms with E-state index in [0.717, 1.165) is 10.0 Å². The molecular formula is C13H18BrNO3. The number of rotatable bonds is 6. The van der Waals surface area contributed by atoms with Crippen molar-refractivity contribution < 1.29 is 14.6 Å². The van der Waals surface area contributed by atoms with Crippen LogP contribution in [0.5, 0.6) is 0 Å². The number of ether oxygens (including phenoxy) is 1. The number of hydrogen-bond acceptors (Lipinski definition) is 3. The zero-order valence-corrected chi connectivity index (χ0v) is 12.2. The monoisotopic (exact) mass is 315 g/mol. The van der Waals surface area contributed by atoms with Crippen LogP contribution in [-0.2, 0) is 4.74 Å². The van der Waals surface area contributed by atoms with Gasteiger partial charge in [0.15, 0.2) is 0 Å². The van der Waals surface area contributed by atoms with Gasteiger partial charge < -0.3 is 15.2 Å². The topological polar surface area (TPSA) is 58.6 Å². The molecular weight excluding hydrogens is 298 g/mol. The lowest BCUT2D eigenvalue weighted by Crippen LogP contribution is -2.29. The highest BCUT2D eigenvalue weighted by molar-refractivity contribution is 9.10. The predicted octanol–water partition coefficient (Wildman–Crippen LogP) is 1.88. The van der Waals surface area contributed by atoms with Crippen molar-refractivity contribution >= 4 is 21.8 Å². The molecule has 0 bridgehead atoms. The Kier molecular flexibility index (Phi) is 6.32. The fourth-order valence-electron chi connectivity index (χ4n) is 1.56. The minimum absolute atomic E-state index is 0.126. The molecule has 0 spiro atoms. The van der Waals surface area contributed by atoms with Gasteiger partial charge in [0.1, 0.15) is 0 Å². The highest BCUT2D eigenvalue weighted by Crippen LogP contribution is 2.15. The van der Waals surface area contributed by atoms with Gasteiger partial charge in [-0.3, -0.25) is 4.79 Å². The van der Waals surface area contributed by atoms with Crippen LogP contribution >= 0.6 is 15.9 Å². The molecule has 0 saturated carbocycles. The first-order chi connectivity index (χ1) is 8.54. The molecule has 0 aliphatic heterocycles. The average molecular weight is 316 g/mol. The van der Waals surface area contributed by atoms with E-state index in [1.807, 2.05) is 19.1 Å². The van der Waals surface area contributed by atoms with Crippen LogP contribution < -0.4 is 5.32 Å². The fourth-order valence-corrected chi connectivity index (χ4v) is 1.92. The standard InChI is InChI=1S/C13H18BrNO3/c1-9-3-4-10(14)7-12(9)13(17)15-6-5-11(16)8-18-2/h3-4,7,11,16H,5-6,8H2,1-2H3,(H,15,17). The van der Waals surface area contributed by atoms with Crippen LogP contribution in [0.4, 0.5) is 0 Å². The number of aliphatic hydroxyl groups excluding tert-OH is 1. The van der Waals surface area contributed by atoms with Gasteiger partial charge in [-0.15, -0.1) is 0 Å². The van der Waals surface area contributed by atoms with Crippen LogP contribution in [0, 0.1) is 6.92 Å². The minimum Gasteiger partial charge on any atom is -0.391 e. The third-order valence-corrected chi connectivity index (χ3v) is 3.06. The molecule has 1 aromatic rings. The van der Waals surface area contributed by atoms with Crippen molar-refractivity contribution in [3.8, 4) is 0 Å². The Morgan fingerprint density at radius 2 is 2.28 bits per heavy atom. The number of methoxy groups -OCH3 is 1. The summed E-state index contributed by atoms with van der Waals surface area (Å²) < 4.78 is 5.68. The minimum atomic E-state index is -0.543. The first kappa shape index (κ1) is 15.1. The maximum absolute atomic E-state index is 11.9. The van der Waals surface area contributed by atoms with Gasteiger partial charge in [0.2, 0.25) is 0 Å². The van der Waals surface area contributed by atoms with Crippen LogP contribution in [0.25, 0.3) is 0 Å². The van der Waals surface area contributed by atoms with Gasteiger partial charge >= 0.3 is 0 Å². The summed E-state index contributed by atoms with van der Waals surface area (Å²) in [6.45, 7) is 2.60. The van der Waals surface area contributed by atoms with Crippen LogP contribution in [0.2, 0.25) is 0 Å².